The van der Waals surface area contributed by atoms with Crippen molar-refractivity contribution < 1.29 is 0 Å². The Morgan fingerprint density at radius 2 is 2.33 bits per heavy atom. The molecule has 3 heterocycles. The van der Waals surface area contributed by atoms with Gasteiger partial charge in [-0.2, -0.15) is 0 Å². The summed E-state index contributed by atoms with van der Waals surface area (Å²) in [6, 6.07) is 8.60. The summed E-state index contributed by atoms with van der Waals surface area (Å²) in [5.74, 6) is 1.94. The van der Waals surface area contributed by atoms with Crippen LogP contribution in [0.25, 0.3) is 10.9 Å². The normalized spacial score (nSPS) is 18.0. The van der Waals surface area contributed by atoms with Crippen LogP contribution in [0.4, 0.5) is 0 Å². The minimum Gasteiger partial charge on any atom is -0.361 e. The third-order valence-corrected chi connectivity index (χ3v) is 4.45. The summed E-state index contributed by atoms with van der Waals surface area (Å²) in [4.78, 5) is 7.72. The molecule has 0 aliphatic carbocycles. The molecule has 21 heavy (non-hydrogen) atoms. The summed E-state index contributed by atoms with van der Waals surface area (Å²) in [6.07, 6.45) is 8.36. The molecule has 1 aliphatic heterocycles. The van der Waals surface area contributed by atoms with E-state index in [9.17, 15) is 0 Å². The van der Waals surface area contributed by atoms with Gasteiger partial charge in [0.05, 0.1) is 0 Å². The second-order valence-corrected chi connectivity index (χ2v) is 5.89. The first-order valence-corrected chi connectivity index (χ1v) is 7.66. The molecule has 3 aromatic rings. The zero-order chi connectivity index (χ0) is 14.1. The summed E-state index contributed by atoms with van der Waals surface area (Å²) in [6.45, 7) is 3.08. The average molecular weight is 280 g/mol. The third kappa shape index (κ3) is 2.47. The summed E-state index contributed by atoms with van der Waals surface area (Å²) < 4.78 is 2.29. The average Bonchev–Trinajstić information content (AvgIpc) is 3.15. The Kier molecular flexibility index (Phi) is 3.24. The lowest BCUT2D eigenvalue weighted by Crippen LogP contribution is -2.29. The molecule has 108 valence electrons. The number of fused-ring (bicyclic) bond motifs is 2. The van der Waals surface area contributed by atoms with E-state index in [1.165, 1.54) is 28.7 Å². The highest BCUT2D eigenvalue weighted by Gasteiger charge is 2.18. The van der Waals surface area contributed by atoms with E-state index in [4.69, 9.17) is 0 Å². The van der Waals surface area contributed by atoms with Crippen LogP contribution in [0, 0.1) is 5.92 Å². The van der Waals surface area contributed by atoms with Crippen LogP contribution >= 0.6 is 0 Å². The number of aromatic amines is 1. The van der Waals surface area contributed by atoms with Crippen molar-refractivity contribution in [1.82, 2.24) is 19.9 Å². The molecule has 1 aromatic carbocycles. The standard InChI is InChI=1S/C17H20N4/c1-2-14-6-7-20-17(14)15(3-1)11-18-10-13-4-5-16-19-8-9-21(16)12-13/h1-3,6-9,13,18,20H,4-5,10-12H2. The Balaban J connectivity index is 1.37. The van der Waals surface area contributed by atoms with Gasteiger partial charge in [-0.1, -0.05) is 18.2 Å². The van der Waals surface area contributed by atoms with E-state index in [1.54, 1.807) is 0 Å². The number of rotatable bonds is 4. The number of hydrogen-bond acceptors (Lipinski definition) is 2. The quantitative estimate of drug-likeness (QED) is 0.772. The Hall–Kier alpha value is -2.07. The van der Waals surface area contributed by atoms with Gasteiger partial charge in [0.1, 0.15) is 5.82 Å². The SMILES string of the molecule is c1cc(CNCC2CCc3nccn3C2)c2[nH]ccc2c1. The largest absolute Gasteiger partial charge is 0.361 e. The van der Waals surface area contributed by atoms with Crippen LogP contribution in [0.1, 0.15) is 17.8 Å². The number of imidazole rings is 1. The van der Waals surface area contributed by atoms with E-state index >= 15 is 0 Å². The van der Waals surface area contributed by atoms with Crippen molar-refractivity contribution in [1.29, 1.82) is 0 Å². The fourth-order valence-corrected chi connectivity index (χ4v) is 3.31. The van der Waals surface area contributed by atoms with Crippen molar-refractivity contribution in [2.75, 3.05) is 6.54 Å². The molecule has 0 saturated carbocycles. The van der Waals surface area contributed by atoms with Gasteiger partial charge in [0.15, 0.2) is 0 Å². The van der Waals surface area contributed by atoms with Crippen molar-refractivity contribution in [3.8, 4) is 0 Å². The Morgan fingerprint density at radius 3 is 3.33 bits per heavy atom. The van der Waals surface area contributed by atoms with Gasteiger partial charge < -0.3 is 14.9 Å². The zero-order valence-electron chi connectivity index (χ0n) is 12.0. The fourth-order valence-electron chi connectivity index (χ4n) is 3.31. The van der Waals surface area contributed by atoms with E-state index < -0.39 is 0 Å². The lowest BCUT2D eigenvalue weighted by Gasteiger charge is -2.24. The molecule has 0 amide bonds. The highest BCUT2D eigenvalue weighted by molar-refractivity contribution is 5.82. The van der Waals surface area contributed by atoms with Gasteiger partial charge in [-0.05, 0) is 35.9 Å². The minimum absolute atomic E-state index is 0.703. The second kappa shape index (κ2) is 5.37. The highest BCUT2D eigenvalue weighted by atomic mass is 15.1. The maximum Gasteiger partial charge on any atom is 0.108 e. The van der Waals surface area contributed by atoms with E-state index in [1.807, 2.05) is 12.4 Å². The second-order valence-electron chi connectivity index (χ2n) is 5.89. The molecule has 0 saturated heterocycles. The smallest absolute Gasteiger partial charge is 0.108 e. The number of benzene rings is 1. The first-order chi connectivity index (χ1) is 10.4. The maximum atomic E-state index is 4.39. The topological polar surface area (TPSA) is 45.6 Å². The molecule has 0 radical (unpaired) electrons. The number of aromatic nitrogens is 3. The fraction of sp³-hybridized carbons (Fsp3) is 0.353. The van der Waals surface area contributed by atoms with Crippen LogP contribution in [-0.2, 0) is 19.5 Å². The van der Waals surface area contributed by atoms with E-state index in [2.05, 4.69) is 50.3 Å². The molecular weight excluding hydrogens is 260 g/mol. The highest BCUT2D eigenvalue weighted by Crippen LogP contribution is 2.19. The van der Waals surface area contributed by atoms with Crippen molar-refractivity contribution in [3.63, 3.8) is 0 Å². The van der Waals surface area contributed by atoms with Crippen LogP contribution in [0.2, 0.25) is 0 Å². The number of aryl methyl sites for hydroxylation is 1. The number of nitrogens with one attached hydrogen (secondary N) is 2. The summed E-state index contributed by atoms with van der Waals surface area (Å²) >= 11 is 0. The number of para-hydroxylation sites is 1. The number of nitrogens with zero attached hydrogens (tertiary/aromatic N) is 2. The first kappa shape index (κ1) is 12.7. The summed E-state index contributed by atoms with van der Waals surface area (Å²) in [7, 11) is 0. The molecule has 1 aliphatic rings. The van der Waals surface area contributed by atoms with Gasteiger partial charge in [-0.25, -0.2) is 4.98 Å². The number of hydrogen-bond donors (Lipinski definition) is 2. The zero-order valence-corrected chi connectivity index (χ0v) is 12.0. The summed E-state index contributed by atoms with van der Waals surface area (Å²) in [5, 5.41) is 4.91. The van der Waals surface area contributed by atoms with E-state index in [-0.39, 0.29) is 0 Å². The van der Waals surface area contributed by atoms with Crippen molar-refractivity contribution >= 4 is 10.9 Å². The molecule has 1 atom stereocenters. The maximum absolute atomic E-state index is 4.39. The van der Waals surface area contributed by atoms with Crippen LogP contribution in [0.3, 0.4) is 0 Å². The van der Waals surface area contributed by atoms with Gasteiger partial charge in [-0.15, -0.1) is 0 Å². The molecule has 0 bridgehead atoms. The molecule has 4 rings (SSSR count). The Morgan fingerprint density at radius 1 is 1.33 bits per heavy atom. The Bertz CT molecular complexity index is 740. The molecule has 4 nitrogen and oxygen atoms in total. The molecule has 4 heteroatoms. The van der Waals surface area contributed by atoms with Gasteiger partial charge >= 0.3 is 0 Å². The van der Waals surface area contributed by atoms with Crippen molar-refractivity contribution in [2.45, 2.75) is 25.9 Å². The lowest BCUT2D eigenvalue weighted by atomic mass is 9.99. The third-order valence-electron chi connectivity index (χ3n) is 4.45. The first-order valence-electron chi connectivity index (χ1n) is 7.66. The monoisotopic (exact) mass is 280 g/mol. The van der Waals surface area contributed by atoms with Crippen LogP contribution in [0.15, 0.2) is 42.9 Å². The van der Waals surface area contributed by atoms with E-state index in [0.717, 1.165) is 26.1 Å². The van der Waals surface area contributed by atoms with Gasteiger partial charge in [0.25, 0.3) is 0 Å². The Labute approximate surface area is 124 Å². The van der Waals surface area contributed by atoms with Gasteiger partial charge in [0, 0.05) is 43.6 Å². The molecule has 0 spiro atoms. The van der Waals surface area contributed by atoms with Crippen LogP contribution in [-0.4, -0.2) is 21.1 Å². The van der Waals surface area contributed by atoms with Crippen molar-refractivity contribution in [2.24, 2.45) is 5.92 Å². The predicted octanol–water partition coefficient (Wildman–Crippen LogP) is 2.72. The van der Waals surface area contributed by atoms with E-state index in [0.29, 0.717) is 5.92 Å². The summed E-state index contributed by atoms with van der Waals surface area (Å²) in [5.41, 5.74) is 2.60. The number of H-pyrrole nitrogens is 1. The predicted molar refractivity (Wildman–Crippen MR) is 84.0 cm³/mol. The van der Waals surface area contributed by atoms with Crippen LogP contribution < -0.4 is 5.32 Å². The lowest BCUT2D eigenvalue weighted by molar-refractivity contribution is 0.347. The van der Waals surface area contributed by atoms with Gasteiger partial charge in [0.2, 0.25) is 0 Å². The molecule has 2 N–H and O–H groups in total. The minimum atomic E-state index is 0.703. The molecule has 2 aromatic heterocycles. The molecular formula is C17H20N4. The van der Waals surface area contributed by atoms with Crippen molar-refractivity contribution in [3.05, 3.63) is 54.2 Å². The molecule has 1 unspecified atom stereocenters. The van der Waals surface area contributed by atoms with Crippen LogP contribution in [0.5, 0.6) is 0 Å². The van der Waals surface area contributed by atoms with Gasteiger partial charge in [-0.3, -0.25) is 0 Å². The molecule has 0 fully saturated rings.